The van der Waals surface area contributed by atoms with Gasteiger partial charge in [0.05, 0.1) is 23.4 Å². The van der Waals surface area contributed by atoms with Crippen molar-refractivity contribution in [2.75, 3.05) is 23.5 Å². The second kappa shape index (κ2) is 11.2. The van der Waals surface area contributed by atoms with E-state index in [9.17, 15) is 19.5 Å². The molecule has 7 nitrogen and oxygen atoms in total. The second-order valence-corrected chi connectivity index (χ2v) is 9.14. The van der Waals surface area contributed by atoms with Gasteiger partial charge in [-0.15, -0.1) is 11.8 Å². The Hall–Kier alpha value is -4.01. The SMILES string of the molecule is COc1ccc(NC(=O)CSc2cccc(NC(=O)c3cccc4cccc(C(=O)O)c34)c2)cc1Cl. The molecule has 0 aliphatic carbocycles. The lowest BCUT2D eigenvalue weighted by molar-refractivity contribution is -0.113. The summed E-state index contributed by atoms with van der Waals surface area (Å²) in [5.41, 5.74) is 1.41. The Bertz CT molecular complexity index is 1470. The lowest BCUT2D eigenvalue weighted by Crippen LogP contribution is -2.14. The molecular formula is C27H21ClN2O5S. The summed E-state index contributed by atoms with van der Waals surface area (Å²) in [5.74, 6) is -1.08. The van der Waals surface area contributed by atoms with Crippen LogP contribution >= 0.6 is 23.4 Å². The molecule has 2 amide bonds. The highest BCUT2D eigenvalue weighted by molar-refractivity contribution is 8.00. The van der Waals surface area contributed by atoms with E-state index in [-0.39, 0.29) is 22.8 Å². The number of hydrogen-bond acceptors (Lipinski definition) is 5. The van der Waals surface area contributed by atoms with Crippen LogP contribution in [0, 0.1) is 0 Å². The summed E-state index contributed by atoms with van der Waals surface area (Å²) >= 11 is 7.41. The lowest BCUT2D eigenvalue weighted by Gasteiger charge is -2.11. The topological polar surface area (TPSA) is 105 Å². The van der Waals surface area contributed by atoms with Gasteiger partial charge in [-0.2, -0.15) is 0 Å². The molecule has 182 valence electrons. The maximum absolute atomic E-state index is 13.1. The first kappa shape index (κ1) is 25.1. The van der Waals surface area contributed by atoms with Crippen LogP contribution in [0.2, 0.25) is 5.02 Å². The smallest absolute Gasteiger partial charge is 0.336 e. The molecular weight excluding hydrogens is 500 g/mol. The number of carbonyl (C=O) groups excluding carboxylic acids is 2. The maximum Gasteiger partial charge on any atom is 0.336 e. The third-order valence-electron chi connectivity index (χ3n) is 5.28. The monoisotopic (exact) mass is 520 g/mol. The van der Waals surface area contributed by atoms with Crippen LogP contribution < -0.4 is 15.4 Å². The number of nitrogens with one attached hydrogen (secondary N) is 2. The minimum Gasteiger partial charge on any atom is -0.495 e. The number of aromatic carboxylic acids is 1. The van der Waals surface area contributed by atoms with Gasteiger partial charge < -0.3 is 20.5 Å². The molecule has 0 atom stereocenters. The van der Waals surface area contributed by atoms with Crippen LogP contribution in [0.1, 0.15) is 20.7 Å². The van der Waals surface area contributed by atoms with Crippen molar-refractivity contribution in [1.82, 2.24) is 0 Å². The van der Waals surface area contributed by atoms with E-state index in [0.717, 1.165) is 4.90 Å². The molecule has 3 N–H and O–H groups in total. The number of carbonyl (C=O) groups is 3. The number of methoxy groups -OCH3 is 1. The van der Waals surface area contributed by atoms with Crippen LogP contribution in [0.25, 0.3) is 10.8 Å². The Morgan fingerprint density at radius 2 is 1.58 bits per heavy atom. The average Bonchev–Trinajstić information content (AvgIpc) is 2.87. The van der Waals surface area contributed by atoms with Gasteiger partial charge in [-0.25, -0.2) is 4.79 Å². The molecule has 0 heterocycles. The van der Waals surface area contributed by atoms with Gasteiger partial charge in [0.15, 0.2) is 0 Å². The Kier molecular flexibility index (Phi) is 7.77. The molecule has 0 fully saturated rings. The zero-order valence-electron chi connectivity index (χ0n) is 19.1. The molecule has 0 saturated carbocycles. The van der Waals surface area contributed by atoms with Crippen LogP contribution in [-0.2, 0) is 4.79 Å². The first-order valence-corrected chi connectivity index (χ1v) is 12.1. The van der Waals surface area contributed by atoms with E-state index in [0.29, 0.717) is 32.9 Å². The van der Waals surface area contributed by atoms with Crippen LogP contribution in [0.5, 0.6) is 5.75 Å². The molecule has 0 unspecified atom stereocenters. The molecule has 0 saturated heterocycles. The van der Waals surface area contributed by atoms with Crippen molar-refractivity contribution in [1.29, 1.82) is 0 Å². The third kappa shape index (κ3) is 5.79. The summed E-state index contributed by atoms with van der Waals surface area (Å²) < 4.78 is 5.11. The van der Waals surface area contributed by atoms with Crippen molar-refractivity contribution >= 4 is 63.3 Å². The van der Waals surface area contributed by atoms with Crippen molar-refractivity contribution < 1.29 is 24.2 Å². The van der Waals surface area contributed by atoms with Gasteiger partial charge in [0, 0.05) is 27.2 Å². The summed E-state index contributed by atoms with van der Waals surface area (Å²) in [7, 11) is 1.52. The standard InChI is InChI=1S/C27H21ClN2O5S/c1-35-23-12-11-18(14-22(23)28)29-24(31)15-36-19-8-4-7-17(13-19)30-26(32)20-9-2-5-16-6-3-10-21(25(16)20)27(33)34/h2-14H,15H2,1H3,(H,29,31)(H,30,32)(H,33,34). The van der Waals surface area contributed by atoms with E-state index in [1.807, 2.05) is 6.07 Å². The molecule has 0 aromatic heterocycles. The zero-order valence-corrected chi connectivity index (χ0v) is 20.7. The van der Waals surface area contributed by atoms with Crippen molar-refractivity contribution in [2.24, 2.45) is 0 Å². The molecule has 0 bridgehead atoms. The molecule has 4 aromatic rings. The van der Waals surface area contributed by atoms with E-state index in [1.165, 1.54) is 24.9 Å². The number of fused-ring (bicyclic) bond motifs is 1. The number of anilines is 2. The number of rotatable bonds is 8. The number of thioether (sulfide) groups is 1. The van der Waals surface area contributed by atoms with Gasteiger partial charge in [0.25, 0.3) is 5.91 Å². The molecule has 0 aliphatic heterocycles. The van der Waals surface area contributed by atoms with Crippen molar-refractivity contribution in [3.8, 4) is 5.75 Å². The first-order chi connectivity index (χ1) is 17.4. The summed E-state index contributed by atoms with van der Waals surface area (Å²) in [5, 5.41) is 16.6. The number of benzene rings is 4. The predicted molar refractivity (Wildman–Crippen MR) is 143 cm³/mol. The first-order valence-electron chi connectivity index (χ1n) is 10.8. The molecule has 4 aromatic carbocycles. The Morgan fingerprint density at radius 3 is 2.28 bits per heavy atom. The molecule has 0 aliphatic rings. The fraction of sp³-hybridized carbons (Fsp3) is 0.0741. The fourth-order valence-corrected chi connectivity index (χ4v) is 4.67. The Labute approximate surface area is 216 Å². The summed E-state index contributed by atoms with van der Waals surface area (Å²) in [4.78, 5) is 37.9. The quantitative estimate of drug-likeness (QED) is 0.239. The summed E-state index contributed by atoms with van der Waals surface area (Å²) in [6, 6.07) is 22.0. The Morgan fingerprint density at radius 1 is 0.889 bits per heavy atom. The van der Waals surface area contributed by atoms with Gasteiger partial charge in [-0.1, -0.05) is 41.9 Å². The van der Waals surface area contributed by atoms with E-state index in [2.05, 4.69) is 10.6 Å². The second-order valence-electron chi connectivity index (χ2n) is 7.68. The highest BCUT2D eigenvalue weighted by atomic mass is 35.5. The van der Waals surface area contributed by atoms with Gasteiger partial charge in [0.1, 0.15) is 5.75 Å². The van der Waals surface area contributed by atoms with E-state index >= 15 is 0 Å². The molecule has 9 heteroatoms. The van der Waals surface area contributed by atoms with E-state index in [1.54, 1.807) is 66.7 Å². The predicted octanol–water partition coefficient (Wildman–Crippen LogP) is 6.18. The van der Waals surface area contributed by atoms with Crippen molar-refractivity contribution in [3.05, 3.63) is 95.0 Å². The minimum atomic E-state index is -1.10. The van der Waals surface area contributed by atoms with Gasteiger partial charge in [-0.05, 0) is 53.9 Å². The van der Waals surface area contributed by atoms with E-state index < -0.39 is 11.9 Å². The third-order valence-corrected chi connectivity index (χ3v) is 6.57. The largest absolute Gasteiger partial charge is 0.495 e. The number of carboxylic acid groups (broad SMARTS) is 1. The van der Waals surface area contributed by atoms with Crippen LogP contribution in [0.15, 0.2) is 83.8 Å². The van der Waals surface area contributed by atoms with E-state index in [4.69, 9.17) is 16.3 Å². The Balaban J connectivity index is 1.44. The van der Waals surface area contributed by atoms with Crippen LogP contribution in [-0.4, -0.2) is 35.8 Å². The van der Waals surface area contributed by atoms with Crippen LogP contribution in [0.3, 0.4) is 0 Å². The van der Waals surface area contributed by atoms with Crippen molar-refractivity contribution in [2.45, 2.75) is 4.90 Å². The average molecular weight is 521 g/mol. The number of carboxylic acids is 1. The van der Waals surface area contributed by atoms with Crippen molar-refractivity contribution in [3.63, 3.8) is 0 Å². The summed E-state index contributed by atoms with van der Waals surface area (Å²) in [6.45, 7) is 0. The highest BCUT2D eigenvalue weighted by Gasteiger charge is 2.17. The number of hydrogen-bond donors (Lipinski definition) is 3. The zero-order chi connectivity index (χ0) is 25.7. The van der Waals surface area contributed by atoms with Crippen LogP contribution in [0.4, 0.5) is 11.4 Å². The normalized spacial score (nSPS) is 10.6. The van der Waals surface area contributed by atoms with Gasteiger partial charge in [0.2, 0.25) is 5.91 Å². The van der Waals surface area contributed by atoms with Gasteiger partial charge >= 0.3 is 5.97 Å². The minimum absolute atomic E-state index is 0.0618. The summed E-state index contributed by atoms with van der Waals surface area (Å²) in [6.07, 6.45) is 0. The molecule has 36 heavy (non-hydrogen) atoms. The molecule has 0 spiro atoms. The number of amides is 2. The molecule has 4 rings (SSSR count). The molecule has 0 radical (unpaired) electrons. The number of halogens is 1. The highest BCUT2D eigenvalue weighted by Crippen LogP contribution is 2.28. The maximum atomic E-state index is 13.1. The number of ether oxygens (including phenoxy) is 1. The lowest BCUT2D eigenvalue weighted by atomic mass is 9.98. The fourth-order valence-electron chi connectivity index (χ4n) is 3.66. The van der Waals surface area contributed by atoms with Gasteiger partial charge in [-0.3, -0.25) is 9.59 Å².